The van der Waals surface area contributed by atoms with Gasteiger partial charge in [-0.15, -0.1) is 0 Å². The molecule has 33 heavy (non-hydrogen) atoms. The predicted molar refractivity (Wildman–Crippen MR) is 140 cm³/mol. The highest BCUT2D eigenvalue weighted by molar-refractivity contribution is 7.86. The van der Waals surface area contributed by atoms with Gasteiger partial charge in [0.05, 0.1) is 0 Å². The smallest absolute Gasteiger partial charge is 0.298 e. The lowest BCUT2D eigenvalue weighted by Crippen LogP contribution is -2.03. The average Bonchev–Trinajstić information content (AvgIpc) is 2.77. The van der Waals surface area contributed by atoms with Crippen LogP contribution in [0.5, 0.6) is 5.75 Å². The van der Waals surface area contributed by atoms with E-state index in [2.05, 4.69) is 13.8 Å². The van der Waals surface area contributed by atoms with Gasteiger partial charge in [-0.2, -0.15) is 8.42 Å². The third-order valence-electron chi connectivity index (χ3n) is 6.61. The third-order valence-corrected chi connectivity index (χ3v) is 7.48. The summed E-state index contributed by atoms with van der Waals surface area (Å²) in [5, 5.41) is 10.5. The Bertz CT molecular complexity index is 728. The monoisotopic (exact) mass is 482 g/mol. The number of hydrogen-bond donors (Lipinski definition) is 2. The van der Waals surface area contributed by atoms with E-state index in [9.17, 15) is 18.1 Å². The molecule has 0 unspecified atom stereocenters. The lowest BCUT2D eigenvalue weighted by Gasteiger charge is -2.12. The van der Waals surface area contributed by atoms with Crippen molar-refractivity contribution in [1.29, 1.82) is 0 Å². The van der Waals surface area contributed by atoms with E-state index in [4.69, 9.17) is 0 Å². The van der Waals surface area contributed by atoms with Crippen LogP contribution in [0.4, 0.5) is 0 Å². The molecule has 1 aromatic carbocycles. The molecule has 0 saturated carbocycles. The topological polar surface area (TPSA) is 74.6 Å². The maximum absolute atomic E-state index is 11.8. The van der Waals surface area contributed by atoms with Crippen LogP contribution in [0, 0.1) is 0 Å². The molecule has 1 rings (SSSR count). The van der Waals surface area contributed by atoms with E-state index < -0.39 is 10.1 Å². The van der Waals surface area contributed by atoms with E-state index in [0.29, 0.717) is 12.0 Å². The largest absolute Gasteiger partial charge is 0.506 e. The Balaban J connectivity index is 2.46. The first-order valence-corrected chi connectivity index (χ1v) is 15.2. The second kappa shape index (κ2) is 18.3. The molecule has 4 nitrogen and oxygen atoms in total. The first kappa shape index (κ1) is 30.0. The first-order chi connectivity index (χ1) is 15.9. The van der Waals surface area contributed by atoms with Gasteiger partial charge < -0.3 is 5.11 Å². The van der Waals surface area contributed by atoms with Gasteiger partial charge in [-0.05, 0) is 42.9 Å². The van der Waals surface area contributed by atoms with Crippen molar-refractivity contribution in [3.8, 4) is 5.75 Å². The molecule has 0 fully saturated rings. The second-order valence-corrected chi connectivity index (χ2v) is 11.1. The Morgan fingerprint density at radius 3 is 1.42 bits per heavy atom. The van der Waals surface area contributed by atoms with Gasteiger partial charge in [0.15, 0.2) is 0 Å². The number of rotatable bonds is 21. The van der Waals surface area contributed by atoms with Gasteiger partial charge in [0.1, 0.15) is 10.6 Å². The zero-order valence-electron chi connectivity index (χ0n) is 21.4. The molecular weight excluding hydrogens is 432 g/mol. The highest BCUT2D eigenvalue weighted by Gasteiger charge is 2.19. The summed E-state index contributed by atoms with van der Waals surface area (Å²) < 4.78 is 33.2. The summed E-state index contributed by atoms with van der Waals surface area (Å²) >= 11 is 0. The lowest BCUT2D eigenvalue weighted by molar-refractivity contribution is 0.436. The van der Waals surface area contributed by atoms with E-state index in [0.717, 1.165) is 37.7 Å². The van der Waals surface area contributed by atoms with E-state index in [1.54, 1.807) is 0 Å². The van der Waals surface area contributed by atoms with Crippen molar-refractivity contribution in [1.82, 2.24) is 0 Å². The molecule has 0 saturated heterocycles. The molecule has 192 valence electrons. The van der Waals surface area contributed by atoms with Gasteiger partial charge in [0.25, 0.3) is 10.1 Å². The molecular formula is C28H50O4S. The quantitative estimate of drug-likeness (QED) is 0.136. The predicted octanol–water partition coefficient (Wildman–Crippen LogP) is 8.79. The summed E-state index contributed by atoms with van der Waals surface area (Å²) in [4.78, 5) is -0.332. The Kier molecular flexibility index (Phi) is 16.6. The van der Waals surface area contributed by atoms with Gasteiger partial charge in [-0.1, -0.05) is 123 Å². The van der Waals surface area contributed by atoms with Crippen LogP contribution in [-0.4, -0.2) is 18.1 Å². The van der Waals surface area contributed by atoms with Crippen molar-refractivity contribution >= 4 is 10.1 Å². The normalized spacial score (nSPS) is 11.8. The number of phenols is 1. The van der Waals surface area contributed by atoms with E-state index >= 15 is 0 Å². The van der Waals surface area contributed by atoms with Gasteiger partial charge >= 0.3 is 0 Å². The average molecular weight is 483 g/mol. The molecule has 0 radical (unpaired) electrons. The molecule has 0 atom stereocenters. The van der Waals surface area contributed by atoms with Crippen molar-refractivity contribution in [3.05, 3.63) is 23.3 Å². The fourth-order valence-corrected chi connectivity index (χ4v) is 5.20. The van der Waals surface area contributed by atoms with Crippen LogP contribution in [0.1, 0.15) is 141 Å². The summed E-state index contributed by atoms with van der Waals surface area (Å²) in [5.41, 5.74) is 1.55. The molecule has 0 spiro atoms. The molecule has 2 N–H and O–H groups in total. The number of unbranched alkanes of at least 4 members (excludes halogenated alkanes) is 16. The van der Waals surface area contributed by atoms with Crippen LogP contribution in [0.15, 0.2) is 17.0 Å². The van der Waals surface area contributed by atoms with Gasteiger partial charge in [0, 0.05) is 0 Å². The Hall–Kier alpha value is -1.07. The van der Waals surface area contributed by atoms with E-state index in [-0.39, 0.29) is 10.6 Å². The molecule has 0 aliphatic carbocycles. The number of benzene rings is 1. The highest BCUT2D eigenvalue weighted by Crippen LogP contribution is 2.31. The van der Waals surface area contributed by atoms with Crippen molar-refractivity contribution in [2.24, 2.45) is 0 Å². The van der Waals surface area contributed by atoms with E-state index in [1.807, 2.05) is 6.07 Å². The summed E-state index contributed by atoms with van der Waals surface area (Å²) in [5.74, 6) is -0.271. The van der Waals surface area contributed by atoms with Crippen molar-refractivity contribution in [2.75, 3.05) is 0 Å². The summed E-state index contributed by atoms with van der Waals surface area (Å²) in [6.45, 7) is 4.46. The minimum absolute atomic E-state index is 0.271. The fourth-order valence-electron chi connectivity index (χ4n) is 4.53. The molecule has 0 heterocycles. The van der Waals surface area contributed by atoms with Crippen LogP contribution < -0.4 is 0 Å². The molecule has 0 amide bonds. The molecule has 1 aromatic rings. The molecule has 0 aromatic heterocycles. The standard InChI is InChI=1S/C28H50O4S/c1-3-5-7-9-11-13-14-15-17-19-21-25-23-26(28(29)27(24-25)33(30,31)32)22-20-18-16-12-10-8-6-4-2/h23-24,29H,3-22H2,1-2H3,(H,30,31,32). The summed E-state index contributed by atoms with van der Waals surface area (Å²) in [6, 6.07) is 3.40. The van der Waals surface area contributed by atoms with Crippen LogP contribution in [-0.2, 0) is 23.0 Å². The van der Waals surface area contributed by atoms with E-state index in [1.165, 1.54) is 96.0 Å². The van der Waals surface area contributed by atoms with Crippen molar-refractivity contribution in [3.63, 3.8) is 0 Å². The third kappa shape index (κ3) is 14.0. The van der Waals surface area contributed by atoms with Gasteiger partial charge in [-0.3, -0.25) is 4.55 Å². The molecule has 0 bridgehead atoms. The highest BCUT2D eigenvalue weighted by atomic mass is 32.2. The fraction of sp³-hybridized carbons (Fsp3) is 0.786. The maximum Gasteiger partial charge on any atom is 0.298 e. The Morgan fingerprint density at radius 1 is 0.606 bits per heavy atom. The summed E-state index contributed by atoms with van der Waals surface area (Å²) in [7, 11) is -4.43. The van der Waals surface area contributed by atoms with Crippen molar-refractivity contribution < 1.29 is 18.1 Å². The lowest BCUT2D eigenvalue weighted by atomic mass is 9.99. The summed E-state index contributed by atoms with van der Waals surface area (Å²) in [6.07, 6.45) is 23.6. The van der Waals surface area contributed by atoms with Crippen LogP contribution in [0.3, 0.4) is 0 Å². The van der Waals surface area contributed by atoms with Gasteiger partial charge in [-0.25, -0.2) is 0 Å². The van der Waals surface area contributed by atoms with Crippen LogP contribution in [0.2, 0.25) is 0 Å². The molecule has 0 aliphatic rings. The Labute approximate surface area is 204 Å². The molecule has 5 heteroatoms. The first-order valence-electron chi connectivity index (χ1n) is 13.7. The number of aromatic hydroxyl groups is 1. The van der Waals surface area contributed by atoms with Crippen LogP contribution in [0.25, 0.3) is 0 Å². The maximum atomic E-state index is 11.8. The number of aryl methyl sites for hydroxylation is 2. The number of phenolic OH excluding ortho intramolecular Hbond substituents is 1. The molecule has 0 aliphatic heterocycles. The number of hydrogen-bond acceptors (Lipinski definition) is 3. The zero-order chi connectivity index (χ0) is 24.4. The second-order valence-electron chi connectivity index (χ2n) is 9.73. The Morgan fingerprint density at radius 2 is 1.00 bits per heavy atom. The SMILES string of the molecule is CCCCCCCCCCCCc1cc(CCCCCCCCCC)c(O)c(S(=O)(=O)O)c1. The minimum Gasteiger partial charge on any atom is -0.506 e. The van der Waals surface area contributed by atoms with Crippen LogP contribution >= 0.6 is 0 Å². The van der Waals surface area contributed by atoms with Gasteiger partial charge in [0.2, 0.25) is 0 Å². The minimum atomic E-state index is -4.43. The zero-order valence-corrected chi connectivity index (χ0v) is 22.2. The van der Waals surface area contributed by atoms with Crippen molar-refractivity contribution in [2.45, 2.75) is 147 Å².